The third-order valence-corrected chi connectivity index (χ3v) is 6.02. The Morgan fingerprint density at radius 3 is 2.40 bits per heavy atom. The standard InChI is InChI=1S/C24H34N4O2/c1-5-28(19-9-7-6-8-10-19)22(29)20-16-26-27-21(20)18-13-11-17(12-14-18)15-25-23(30)24(2,3)4/h6-10,16-18H,5,11-15H2,1-4H3,(H,25,30)(H,26,27). The number of carbonyl (C=O) groups excluding carboxylic acids is 2. The third kappa shape index (κ3) is 5.10. The first-order valence-corrected chi connectivity index (χ1v) is 11.0. The molecule has 2 aromatic rings. The van der Waals surface area contributed by atoms with Crippen molar-refractivity contribution in [2.24, 2.45) is 11.3 Å². The molecule has 3 rings (SSSR count). The first-order chi connectivity index (χ1) is 14.3. The molecular weight excluding hydrogens is 376 g/mol. The number of H-pyrrole nitrogens is 1. The van der Waals surface area contributed by atoms with E-state index in [1.54, 1.807) is 11.1 Å². The van der Waals surface area contributed by atoms with Crippen LogP contribution in [0.1, 0.15) is 75.3 Å². The molecule has 0 aliphatic heterocycles. The molecule has 0 atom stereocenters. The van der Waals surface area contributed by atoms with Crippen molar-refractivity contribution < 1.29 is 9.59 Å². The van der Waals surface area contributed by atoms with E-state index >= 15 is 0 Å². The zero-order valence-electron chi connectivity index (χ0n) is 18.6. The molecule has 0 spiro atoms. The molecule has 2 amide bonds. The first kappa shape index (κ1) is 22.1. The molecule has 2 N–H and O–H groups in total. The number of rotatable bonds is 6. The maximum atomic E-state index is 13.3. The smallest absolute Gasteiger partial charge is 0.261 e. The number of carbonyl (C=O) groups is 2. The monoisotopic (exact) mass is 410 g/mol. The van der Waals surface area contributed by atoms with Crippen LogP contribution in [0.4, 0.5) is 5.69 Å². The van der Waals surface area contributed by atoms with Gasteiger partial charge in [-0.3, -0.25) is 14.7 Å². The van der Waals surface area contributed by atoms with Crippen LogP contribution < -0.4 is 10.2 Å². The molecule has 0 unspecified atom stereocenters. The van der Waals surface area contributed by atoms with Crippen LogP contribution >= 0.6 is 0 Å². The van der Waals surface area contributed by atoms with Gasteiger partial charge in [0.25, 0.3) is 5.91 Å². The summed E-state index contributed by atoms with van der Waals surface area (Å²) in [4.78, 5) is 27.2. The molecular formula is C24H34N4O2. The summed E-state index contributed by atoms with van der Waals surface area (Å²) in [5.74, 6) is 0.889. The lowest BCUT2D eigenvalue weighted by Crippen LogP contribution is -2.38. The van der Waals surface area contributed by atoms with Crippen LogP contribution in [0.3, 0.4) is 0 Å². The zero-order valence-corrected chi connectivity index (χ0v) is 18.6. The molecule has 1 aromatic carbocycles. The number of aromatic amines is 1. The van der Waals surface area contributed by atoms with Crippen LogP contribution in [0.5, 0.6) is 0 Å². The second kappa shape index (κ2) is 9.45. The number of nitrogens with zero attached hydrogens (tertiary/aromatic N) is 2. The summed E-state index contributed by atoms with van der Waals surface area (Å²) in [7, 11) is 0. The van der Waals surface area contributed by atoms with Crippen LogP contribution in [0.15, 0.2) is 36.5 Å². The lowest BCUT2D eigenvalue weighted by atomic mass is 9.79. The van der Waals surface area contributed by atoms with Gasteiger partial charge in [0.05, 0.1) is 17.5 Å². The average molecular weight is 411 g/mol. The van der Waals surface area contributed by atoms with E-state index in [-0.39, 0.29) is 17.2 Å². The molecule has 1 aliphatic rings. The molecule has 0 bridgehead atoms. The highest BCUT2D eigenvalue weighted by atomic mass is 16.2. The van der Waals surface area contributed by atoms with E-state index in [4.69, 9.17) is 0 Å². The van der Waals surface area contributed by atoms with Crippen molar-refractivity contribution in [2.75, 3.05) is 18.0 Å². The molecule has 1 saturated carbocycles. The predicted molar refractivity (Wildman–Crippen MR) is 120 cm³/mol. The van der Waals surface area contributed by atoms with Gasteiger partial charge in [0, 0.05) is 30.1 Å². The highest BCUT2D eigenvalue weighted by Gasteiger charge is 2.30. The van der Waals surface area contributed by atoms with Gasteiger partial charge in [0.2, 0.25) is 5.91 Å². The number of hydrogen-bond donors (Lipinski definition) is 2. The van der Waals surface area contributed by atoms with Gasteiger partial charge in [-0.25, -0.2) is 0 Å². The van der Waals surface area contributed by atoms with E-state index < -0.39 is 0 Å². The summed E-state index contributed by atoms with van der Waals surface area (Å²) in [5, 5.41) is 10.4. The molecule has 162 valence electrons. The van der Waals surface area contributed by atoms with Gasteiger partial charge >= 0.3 is 0 Å². The van der Waals surface area contributed by atoms with Crippen LogP contribution in [0, 0.1) is 11.3 Å². The number of aromatic nitrogens is 2. The quantitative estimate of drug-likeness (QED) is 0.735. The largest absolute Gasteiger partial charge is 0.355 e. The second-order valence-electron chi connectivity index (χ2n) is 9.26. The van der Waals surface area contributed by atoms with Crippen molar-refractivity contribution in [3.05, 3.63) is 47.8 Å². The van der Waals surface area contributed by atoms with Gasteiger partial charge in [0.1, 0.15) is 0 Å². The lowest BCUT2D eigenvalue weighted by Gasteiger charge is -2.30. The van der Waals surface area contributed by atoms with E-state index in [1.807, 2.05) is 58.0 Å². The summed E-state index contributed by atoms with van der Waals surface area (Å²) in [6.07, 6.45) is 5.74. The summed E-state index contributed by atoms with van der Waals surface area (Å²) in [6, 6.07) is 9.76. The fourth-order valence-corrected chi connectivity index (χ4v) is 4.13. The number of benzene rings is 1. The fraction of sp³-hybridized carbons (Fsp3) is 0.542. The van der Waals surface area contributed by atoms with E-state index in [1.165, 1.54) is 0 Å². The number of hydrogen-bond acceptors (Lipinski definition) is 3. The van der Waals surface area contributed by atoms with Crippen molar-refractivity contribution in [3.63, 3.8) is 0 Å². The Kier molecular flexibility index (Phi) is 6.95. The fourth-order valence-electron chi connectivity index (χ4n) is 4.13. The zero-order chi connectivity index (χ0) is 21.7. The number of anilines is 1. The normalized spacial score (nSPS) is 19.3. The Labute approximate surface area is 179 Å². The van der Waals surface area contributed by atoms with Gasteiger partial charge < -0.3 is 10.2 Å². The molecule has 0 saturated heterocycles. The number of para-hydroxylation sites is 1. The van der Waals surface area contributed by atoms with Gasteiger partial charge in [-0.15, -0.1) is 0 Å². The Morgan fingerprint density at radius 2 is 1.80 bits per heavy atom. The van der Waals surface area contributed by atoms with Crippen molar-refractivity contribution in [1.82, 2.24) is 15.5 Å². The molecule has 1 aromatic heterocycles. The SMILES string of the molecule is CCN(C(=O)c1cn[nH]c1C1CCC(CNC(=O)C(C)(C)C)CC1)c1ccccc1. The highest BCUT2D eigenvalue weighted by Crippen LogP contribution is 2.36. The minimum atomic E-state index is -0.355. The summed E-state index contributed by atoms with van der Waals surface area (Å²) < 4.78 is 0. The summed E-state index contributed by atoms with van der Waals surface area (Å²) in [5.41, 5.74) is 2.17. The Balaban J connectivity index is 1.62. The highest BCUT2D eigenvalue weighted by molar-refractivity contribution is 6.06. The number of amides is 2. The summed E-state index contributed by atoms with van der Waals surface area (Å²) in [6.45, 7) is 9.13. The van der Waals surface area contributed by atoms with E-state index in [0.717, 1.165) is 43.6 Å². The van der Waals surface area contributed by atoms with Crippen molar-refractivity contribution in [3.8, 4) is 0 Å². The minimum absolute atomic E-state index is 0.00739. The van der Waals surface area contributed by atoms with Gasteiger partial charge in [0.15, 0.2) is 0 Å². The molecule has 1 heterocycles. The number of nitrogens with one attached hydrogen (secondary N) is 2. The van der Waals surface area contributed by atoms with Crippen molar-refractivity contribution in [1.29, 1.82) is 0 Å². The van der Waals surface area contributed by atoms with Crippen molar-refractivity contribution >= 4 is 17.5 Å². The Hall–Kier alpha value is -2.63. The Bertz CT molecular complexity index is 846. The van der Waals surface area contributed by atoms with Crippen LogP contribution in [0.2, 0.25) is 0 Å². The molecule has 30 heavy (non-hydrogen) atoms. The molecule has 1 aliphatic carbocycles. The van der Waals surface area contributed by atoms with E-state index in [0.29, 0.717) is 23.9 Å². The second-order valence-corrected chi connectivity index (χ2v) is 9.26. The predicted octanol–water partition coefficient (Wildman–Crippen LogP) is 4.51. The van der Waals surface area contributed by atoms with Crippen LogP contribution in [-0.2, 0) is 4.79 Å². The van der Waals surface area contributed by atoms with Gasteiger partial charge in [-0.2, -0.15) is 5.10 Å². The topological polar surface area (TPSA) is 78.1 Å². The van der Waals surface area contributed by atoms with Gasteiger partial charge in [-0.05, 0) is 50.7 Å². The van der Waals surface area contributed by atoms with E-state index in [9.17, 15) is 9.59 Å². The summed E-state index contributed by atoms with van der Waals surface area (Å²) >= 11 is 0. The third-order valence-electron chi connectivity index (χ3n) is 6.02. The maximum absolute atomic E-state index is 13.3. The Morgan fingerprint density at radius 1 is 1.13 bits per heavy atom. The molecule has 6 nitrogen and oxygen atoms in total. The maximum Gasteiger partial charge on any atom is 0.261 e. The average Bonchev–Trinajstić information content (AvgIpc) is 3.23. The molecule has 0 radical (unpaired) electrons. The molecule has 6 heteroatoms. The molecule has 1 fully saturated rings. The van der Waals surface area contributed by atoms with E-state index in [2.05, 4.69) is 15.5 Å². The van der Waals surface area contributed by atoms with Crippen LogP contribution in [-0.4, -0.2) is 35.1 Å². The van der Waals surface area contributed by atoms with Gasteiger partial charge in [-0.1, -0.05) is 39.0 Å². The lowest BCUT2D eigenvalue weighted by molar-refractivity contribution is -0.128. The van der Waals surface area contributed by atoms with Crippen molar-refractivity contribution in [2.45, 2.75) is 59.3 Å². The minimum Gasteiger partial charge on any atom is -0.355 e. The van der Waals surface area contributed by atoms with Crippen LogP contribution in [0.25, 0.3) is 0 Å². The first-order valence-electron chi connectivity index (χ1n) is 11.0.